The molecule has 1 aromatic heterocycles. The Hall–Kier alpha value is -2.08. The molecule has 3 rings (SSSR count). The Morgan fingerprint density at radius 1 is 1.30 bits per heavy atom. The fraction of sp³-hybridized carbons (Fsp3) is 0.214. The highest BCUT2D eigenvalue weighted by molar-refractivity contribution is 7.98. The molecule has 0 radical (unpaired) electrons. The lowest BCUT2D eigenvalue weighted by Gasteiger charge is -2.28. The number of thioether (sulfide) groups is 1. The standard InChI is InChI=1S/C14H14N4OS/c1-9-3-5-11(6-4-9)18-8-10-7-15-13(20-2)16-12(10)17-14(18)19/h3-7H,8H2,1-2H3,(H,15,16,17,19). The van der Waals surface area contributed by atoms with Gasteiger partial charge in [-0.2, -0.15) is 0 Å². The number of aryl methyl sites for hydroxylation is 1. The van der Waals surface area contributed by atoms with Gasteiger partial charge in [-0.05, 0) is 25.3 Å². The van der Waals surface area contributed by atoms with Crippen LogP contribution in [0.1, 0.15) is 11.1 Å². The molecule has 1 aliphatic heterocycles. The minimum absolute atomic E-state index is 0.160. The second kappa shape index (κ2) is 5.13. The lowest BCUT2D eigenvalue weighted by Crippen LogP contribution is -2.39. The minimum Gasteiger partial charge on any atom is -0.291 e. The summed E-state index contributed by atoms with van der Waals surface area (Å²) in [5.74, 6) is 0.609. The van der Waals surface area contributed by atoms with Gasteiger partial charge in [0.05, 0.1) is 6.54 Å². The van der Waals surface area contributed by atoms with E-state index >= 15 is 0 Å². The molecule has 0 bridgehead atoms. The summed E-state index contributed by atoms with van der Waals surface area (Å²) in [6.07, 6.45) is 3.68. The molecule has 1 N–H and O–H groups in total. The van der Waals surface area contributed by atoms with Crippen LogP contribution >= 0.6 is 11.8 Å². The maximum absolute atomic E-state index is 12.2. The molecule has 1 aliphatic rings. The lowest BCUT2D eigenvalue weighted by molar-refractivity contribution is 0.256. The molecular weight excluding hydrogens is 272 g/mol. The van der Waals surface area contributed by atoms with E-state index in [0.29, 0.717) is 17.5 Å². The van der Waals surface area contributed by atoms with Crippen molar-refractivity contribution in [2.45, 2.75) is 18.6 Å². The van der Waals surface area contributed by atoms with Crippen LogP contribution in [0.3, 0.4) is 0 Å². The van der Waals surface area contributed by atoms with E-state index in [-0.39, 0.29) is 6.03 Å². The van der Waals surface area contributed by atoms with Gasteiger partial charge in [0.2, 0.25) is 0 Å². The molecule has 2 aromatic rings. The first-order valence-electron chi connectivity index (χ1n) is 6.22. The molecule has 0 saturated heterocycles. The van der Waals surface area contributed by atoms with Gasteiger partial charge in [-0.15, -0.1) is 0 Å². The van der Waals surface area contributed by atoms with Gasteiger partial charge in [-0.1, -0.05) is 29.5 Å². The van der Waals surface area contributed by atoms with Crippen molar-refractivity contribution in [3.05, 3.63) is 41.6 Å². The second-order valence-electron chi connectivity index (χ2n) is 4.58. The number of hydrogen-bond acceptors (Lipinski definition) is 4. The first kappa shape index (κ1) is 12.9. The highest BCUT2D eigenvalue weighted by Gasteiger charge is 2.25. The van der Waals surface area contributed by atoms with Gasteiger partial charge in [0, 0.05) is 17.4 Å². The second-order valence-corrected chi connectivity index (χ2v) is 5.36. The molecule has 2 heterocycles. The minimum atomic E-state index is -0.160. The highest BCUT2D eigenvalue weighted by Crippen LogP contribution is 2.27. The largest absolute Gasteiger partial charge is 0.327 e. The van der Waals surface area contributed by atoms with Crippen molar-refractivity contribution >= 4 is 29.3 Å². The number of urea groups is 1. The van der Waals surface area contributed by atoms with Crippen molar-refractivity contribution < 1.29 is 4.79 Å². The molecule has 2 amide bonds. The monoisotopic (exact) mass is 286 g/mol. The molecule has 20 heavy (non-hydrogen) atoms. The third kappa shape index (κ3) is 2.34. The van der Waals surface area contributed by atoms with E-state index in [1.807, 2.05) is 37.4 Å². The zero-order chi connectivity index (χ0) is 14.1. The van der Waals surface area contributed by atoms with Crippen LogP contribution in [0.25, 0.3) is 0 Å². The number of carbonyl (C=O) groups is 1. The summed E-state index contributed by atoms with van der Waals surface area (Å²) < 4.78 is 0. The van der Waals surface area contributed by atoms with E-state index in [2.05, 4.69) is 15.3 Å². The van der Waals surface area contributed by atoms with E-state index in [9.17, 15) is 4.79 Å². The average molecular weight is 286 g/mol. The van der Waals surface area contributed by atoms with E-state index in [1.54, 1.807) is 11.1 Å². The smallest absolute Gasteiger partial charge is 0.291 e. The Kier molecular flexibility index (Phi) is 3.31. The maximum atomic E-state index is 12.2. The summed E-state index contributed by atoms with van der Waals surface area (Å²) in [6, 6.07) is 7.71. The molecule has 0 aliphatic carbocycles. The van der Waals surface area contributed by atoms with Gasteiger partial charge in [0.25, 0.3) is 0 Å². The van der Waals surface area contributed by atoms with Crippen molar-refractivity contribution in [2.75, 3.05) is 16.5 Å². The topological polar surface area (TPSA) is 58.1 Å². The molecule has 102 valence electrons. The van der Waals surface area contributed by atoms with Gasteiger partial charge in [-0.25, -0.2) is 14.8 Å². The molecule has 0 atom stereocenters. The number of nitrogens with zero attached hydrogens (tertiary/aromatic N) is 3. The Morgan fingerprint density at radius 2 is 2.05 bits per heavy atom. The number of amides is 2. The summed E-state index contributed by atoms with van der Waals surface area (Å²) in [6.45, 7) is 2.51. The summed E-state index contributed by atoms with van der Waals surface area (Å²) in [5, 5.41) is 3.48. The first-order valence-corrected chi connectivity index (χ1v) is 7.45. The number of nitrogens with one attached hydrogen (secondary N) is 1. The Labute approximate surface area is 121 Å². The van der Waals surface area contributed by atoms with Gasteiger partial charge in [0.1, 0.15) is 5.82 Å². The van der Waals surface area contributed by atoms with Crippen LogP contribution in [-0.2, 0) is 6.54 Å². The number of fused-ring (bicyclic) bond motifs is 1. The summed E-state index contributed by atoms with van der Waals surface area (Å²) in [7, 11) is 0. The number of anilines is 2. The zero-order valence-electron chi connectivity index (χ0n) is 11.3. The average Bonchev–Trinajstić information content (AvgIpc) is 2.47. The summed E-state index contributed by atoms with van der Waals surface area (Å²) in [4.78, 5) is 22.4. The maximum Gasteiger partial charge on any atom is 0.327 e. The molecule has 5 nitrogen and oxygen atoms in total. The number of aromatic nitrogens is 2. The molecule has 0 unspecified atom stereocenters. The summed E-state index contributed by atoms with van der Waals surface area (Å²) >= 11 is 1.45. The van der Waals surface area contributed by atoms with E-state index < -0.39 is 0 Å². The number of benzene rings is 1. The first-order chi connectivity index (χ1) is 9.67. The van der Waals surface area contributed by atoms with Crippen molar-refractivity contribution in [3.63, 3.8) is 0 Å². The highest BCUT2D eigenvalue weighted by atomic mass is 32.2. The SMILES string of the molecule is CSc1ncc2c(n1)NC(=O)N(c1ccc(C)cc1)C2. The van der Waals surface area contributed by atoms with Crippen LogP contribution in [0, 0.1) is 6.92 Å². The van der Waals surface area contributed by atoms with Crippen LogP contribution in [0.2, 0.25) is 0 Å². The normalized spacial score (nSPS) is 13.9. The summed E-state index contributed by atoms with van der Waals surface area (Å²) in [5.41, 5.74) is 2.95. The predicted molar refractivity (Wildman–Crippen MR) is 80.2 cm³/mol. The molecule has 0 saturated carbocycles. The van der Waals surface area contributed by atoms with Crippen LogP contribution in [0.4, 0.5) is 16.3 Å². The van der Waals surface area contributed by atoms with Crippen molar-refractivity contribution in [3.8, 4) is 0 Å². The lowest BCUT2D eigenvalue weighted by atomic mass is 10.2. The van der Waals surface area contributed by atoms with Crippen LogP contribution in [0.5, 0.6) is 0 Å². The fourth-order valence-corrected chi connectivity index (χ4v) is 2.40. The van der Waals surface area contributed by atoms with Crippen molar-refractivity contribution in [1.82, 2.24) is 9.97 Å². The molecule has 0 fully saturated rings. The van der Waals surface area contributed by atoms with Crippen molar-refractivity contribution in [2.24, 2.45) is 0 Å². The van der Waals surface area contributed by atoms with Gasteiger partial charge in [0.15, 0.2) is 5.16 Å². The third-order valence-electron chi connectivity index (χ3n) is 3.17. The van der Waals surface area contributed by atoms with Gasteiger partial charge in [-0.3, -0.25) is 10.2 Å². The molecule has 1 aromatic carbocycles. The van der Waals surface area contributed by atoms with E-state index in [1.165, 1.54) is 17.3 Å². The molecule has 0 spiro atoms. The zero-order valence-corrected chi connectivity index (χ0v) is 12.1. The van der Waals surface area contributed by atoms with Gasteiger partial charge >= 0.3 is 6.03 Å². The van der Waals surface area contributed by atoms with E-state index in [4.69, 9.17) is 0 Å². The van der Waals surface area contributed by atoms with Crippen LogP contribution in [-0.4, -0.2) is 22.3 Å². The number of rotatable bonds is 2. The Morgan fingerprint density at radius 3 is 2.75 bits per heavy atom. The molecular formula is C14H14N4OS. The fourth-order valence-electron chi connectivity index (χ4n) is 2.06. The van der Waals surface area contributed by atoms with Crippen LogP contribution < -0.4 is 10.2 Å². The van der Waals surface area contributed by atoms with Crippen LogP contribution in [0.15, 0.2) is 35.6 Å². The Balaban J connectivity index is 1.93. The third-order valence-corrected chi connectivity index (χ3v) is 3.73. The quantitative estimate of drug-likeness (QED) is 0.681. The number of hydrogen-bond donors (Lipinski definition) is 1. The molecule has 6 heteroatoms. The van der Waals surface area contributed by atoms with Gasteiger partial charge < -0.3 is 0 Å². The number of carbonyl (C=O) groups excluding carboxylic acids is 1. The predicted octanol–water partition coefficient (Wildman–Crippen LogP) is 3.06. The van der Waals surface area contributed by atoms with Crippen molar-refractivity contribution in [1.29, 1.82) is 0 Å². The van der Waals surface area contributed by atoms with E-state index in [0.717, 1.165) is 11.3 Å². The Bertz CT molecular complexity index is 657.